The highest BCUT2D eigenvalue weighted by Crippen LogP contribution is 2.30. The number of hydroxylamine groups is 1. The molecule has 20 heavy (non-hydrogen) atoms. The number of carbonyl (C=O) groups excluding carboxylic acids is 1. The van der Waals surface area contributed by atoms with Crippen LogP contribution in [0.1, 0.15) is 27.2 Å². The summed E-state index contributed by atoms with van der Waals surface area (Å²) in [5.41, 5.74) is 5.53. The average Bonchev–Trinajstić information content (AvgIpc) is 2.85. The third kappa shape index (κ3) is 2.60. The standard InChI is InChI=1S/C15H16N2O2S/c18-15(17-19)14-6-5-13(20-14)11-4-3-10-2-1-7-16-9-12(10)8-11/h3-6,8,16,19H,1-2,7,9H2,(H,17,18). The van der Waals surface area contributed by atoms with E-state index in [0.29, 0.717) is 4.88 Å². The predicted molar refractivity (Wildman–Crippen MR) is 79.0 cm³/mol. The van der Waals surface area contributed by atoms with Crippen LogP contribution >= 0.6 is 11.3 Å². The van der Waals surface area contributed by atoms with E-state index in [-0.39, 0.29) is 0 Å². The molecule has 0 atom stereocenters. The molecule has 3 N–H and O–H groups in total. The molecule has 1 aliphatic heterocycles. The van der Waals surface area contributed by atoms with Gasteiger partial charge in [0, 0.05) is 11.4 Å². The molecule has 2 heterocycles. The SMILES string of the molecule is O=C(NO)c1ccc(-c2ccc3c(c2)CNCCC3)s1. The van der Waals surface area contributed by atoms with Gasteiger partial charge in [-0.15, -0.1) is 11.3 Å². The summed E-state index contributed by atoms with van der Waals surface area (Å²) in [6.07, 6.45) is 2.29. The maximum Gasteiger partial charge on any atom is 0.284 e. The van der Waals surface area contributed by atoms with E-state index in [9.17, 15) is 4.79 Å². The van der Waals surface area contributed by atoms with Crippen LogP contribution in [0.2, 0.25) is 0 Å². The van der Waals surface area contributed by atoms with Crippen molar-refractivity contribution in [2.45, 2.75) is 19.4 Å². The Bertz CT molecular complexity index is 637. The zero-order chi connectivity index (χ0) is 13.9. The third-order valence-corrected chi connectivity index (χ3v) is 4.67. The van der Waals surface area contributed by atoms with Gasteiger partial charge >= 0.3 is 0 Å². The Hall–Kier alpha value is -1.69. The van der Waals surface area contributed by atoms with Crippen molar-refractivity contribution in [3.05, 3.63) is 46.3 Å². The topological polar surface area (TPSA) is 61.4 Å². The van der Waals surface area contributed by atoms with Gasteiger partial charge in [-0.05, 0) is 54.3 Å². The fourth-order valence-electron chi connectivity index (χ4n) is 2.48. The third-order valence-electron chi connectivity index (χ3n) is 3.54. The van der Waals surface area contributed by atoms with Crippen molar-refractivity contribution in [1.82, 2.24) is 10.8 Å². The Kier molecular flexibility index (Phi) is 3.82. The van der Waals surface area contributed by atoms with E-state index in [4.69, 9.17) is 5.21 Å². The number of aryl methyl sites for hydroxylation is 1. The highest BCUT2D eigenvalue weighted by Gasteiger charge is 2.12. The van der Waals surface area contributed by atoms with E-state index in [1.807, 2.05) is 6.07 Å². The Balaban J connectivity index is 1.92. The van der Waals surface area contributed by atoms with E-state index >= 15 is 0 Å². The monoisotopic (exact) mass is 288 g/mol. The van der Waals surface area contributed by atoms with Gasteiger partial charge < -0.3 is 5.32 Å². The Morgan fingerprint density at radius 2 is 2.15 bits per heavy atom. The molecule has 0 spiro atoms. The summed E-state index contributed by atoms with van der Waals surface area (Å²) in [6, 6.07) is 10.1. The van der Waals surface area contributed by atoms with Crippen molar-refractivity contribution in [3.63, 3.8) is 0 Å². The summed E-state index contributed by atoms with van der Waals surface area (Å²) < 4.78 is 0. The summed E-state index contributed by atoms with van der Waals surface area (Å²) >= 11 is 1.38. The van der Waals surface area contributed by atoms with Crippen LogP contribution in [0.3, 0.4) is 0 Å². The lowest BCUT2D eigenvalue weighted by molar-refractivity contribution is 0.0711. The van der Waals surface area contributed by atoms with Gasteiger partial charge in [0.05, 0.1) is 4.88 Å². The lowest BCUT2D eigenvalue weighted by atomic mass is 10.0. The van der Waals surface area contributed by atoms with Crippen LogP contribution in [0.4, 0.5) is 0 Å². The summed E-state index contributed by atoms with van der Waals surface area (Å²) in [7, 11) is 0. The maximum atomic E-state index is 11.4. The molecule has 1 aromatic carbocycles. The molecule has 3 rings (SSSR count). The van der Waals surface area contributed by atoms with Gasteiger partial charge in [0.15, 0.2) is 0 Å². The largest absolute Gasteiger partial charge is 0.313 e. The molecule has 0 saturated carbocycles. The number of thiophene rings is 1. The van der Waals surface area contributed by atoms with Crippen LogP contribution in [-0.4, -0.2) is 17.7 Å². The smallest absolute Gasteiger partial charge is 0.284 e. The first-order chi connectivity index (χ1) is 9.78. The van der Waals surface area contributed by atoms with E-state index in [0.717, 1.165) is 30.0 Å². The lowest BCUT2D eigenvalue weighted by Gasteiger charge is -2.07. The van der Waals surface area contributed by atoms with Crippen LogP contribution in [0.25, 0.3) is 10.4 Å². The molecule has 0 saturated heterocycles. The summed E-state index contributed by atoms with van der Waals surface area (Å²) in [5.74, 6) is -0.460. The number of hydrogen-bond donors (Lipinski definition) is 3. The van der Waals surface area contributed by atoms with Gasteiger partial charge in [-0.3, -0.25) is 10.0 Å². The van der Waals surface area contributed by atoms with Gasteiger partial charge in [-0.2, -0.15) is 0 Å². The zero-order valence-corrected chi connectivity index (χ0v) is 11.8. The molecule has 4 nitrogen and oxygen atoms in total. The van der Waals surface area contributed by atoms with Crippen molar-refractivity contribution in [2.24, 2.45) is 0 Å². The molecule has 104 valence electrons. The van der Waals surface area contributed by atoms with Crippen molar-refractivity contribution in [1.29, 1.82) is 0 Å². The molecule has 1 amide bonds. The molecule has 5 heteroatoms. The average molecular weight is 288 g/mol. The van der Waals surface area contributed by atoms with Crippen molar-refractivity contribution < 1.29 is 10.0 Å². The minimum absolute atomic E-state index is 0.460. The number of benzene rings is 1. The second kappa shape index (κ2) is 5.75. The normalized spacial score (nSPS) is 14.4. The molecular formula is C15H16N2O2S. The van der Waals surface area contributed by atoms with Gasteiger partial charge in [-0.25, -0.2) is 5.48 Å². The Labute approximate surface area is 121 Å². The minimum atomic E-state index is -0.460. The zero-order valence-electron chi connectivity index (χ0n) is 11.0. The van der Waals surface area contributed by atoms with Gasteiger partial charge in [0.25, 0.3) is 5.91 Å². The number of hydrogen-bond acceptors (Lipinski definition) is 4. The van der Waals surface area contributed by atoms with Gasteiger partial charge in [0.1, 0.15) is 0 Å². The second-order valence-corrected chi connectivity index (χ2v) is 5.95. The molecule has 0 bridgehead atoms. The van der Waals surface area contributed by atoms with Crippen LogP contribution in [0.15, 0.2) is 30.3 Å². The van der Waals surface area contributed by atoms with Crippen LogP contribution in [0.5, 0.6) is 0 Å². The van der Waals surface area contributed by atoms with Gasteiger partial charge in [-0.1, -0.05) is 12.1 Å². The fraction of sp³-hybridized carbons (Fsp3) is 0.267. The second-order valence-electron chi connectivity index (χ2n) is 4.87. The summed E-state index contributed by atoms with van der Waals surface area (Å²) in [6.45, 7) is 1.96. The first-order valence-electron chi connectivity index (χ1n) is 6.65. The maximum absolute atomic E-state index is 11.4. The molecular weight excluding hydrogens is 272 g/mol. The lowest BCUT2D eigenvalue weighted by Crippen LogP contribution is -2.16. The van der Waals surface area contributed by atoms with Crippen LogP contribution in [-0.2, 0) is 13.0 Å². The molecule has 0 unspecified atom stereocenters. The van der Waals surface area contributed by atoms with Crippen LogP contribution in [0, 0.1) is 0 Å². The van der Waals surface area contributed by atoms with E-state index in [1.165, 1.54) is 28.9 Å². The van der Waals surface area contributed by atoms with E-state index in [2.05, 4.69) is 23.5 Å². The minimum Gasteiger partial charge on any atom is -0.313 e. The molecule has 2 aromatic rings. The van der Waals surface area contributed by atoms with Gasteiger partial charge in [0.2, 0.25) is 0 Å². The molecule has 0 fully saturated rings. The number of rotatable bonds is 2. The molecule has 1 aliphatic rings. The molecule has 0 aliphatic carbocycles. The Morgan fingerprint density at radius 1 is 1.25 bits per heavy atom. The first-order valence-corrected chi connectivity index (χ1v) is 7.47. The van der Waals surface area contributed by atoms with Crippen LogP contribution < -0.4 is 10.8 Å². The fourth-order valence-corrected chi connectivity index (χ4v) is 3.38. The van der Waals surface area contributed by atoms with Crippen molar-refractivity contribution in [3.8, 4) is 10.4 Å². The summed E-state index contributed by atoms with van der Waals surface area (Å²) in [4.78, 5) is 12.9. The quantitative estimate of drug-likeness (QED) is 0.588. The van der Waals surface area contributed by atoms with E-state index in [1.54, 1.807) is 11.5 Å². The van der Waals surface area contributed by atoms with Crippen molar-refractivity contribution in [2.75, 3.05) is 6.54 Å². The first kappa shape index (κ1) is 13.3. The number of amides is 1. The number of nitrogens with one attached hydrogen (secondary N) is 2. The van der Waals surface area contributed by atoms with Crippen molar-refractivity contribution >= 4 is 17.2 Å². The number of carbonyl (C=O) groups is 1. The predicted octanol–water partition coefficient (Wildman–Crippen LogP) is 2.57. The molecule has 1 aromatic heterocycles. The number of fused-ring (bicyclic) bond motifs is 1. The highest BCUT2D eigenvalue weighted by molar-refractivity contribution is 7.17. The highest BCUT2D eigenvalue weighted by atomic mass is 32.1. The molecule has 0 radical (unpaired) electrons. The summed E-state index contributed by atoms with van der Waals surface area (Å²) in [5, 5.41) is 12.1. The Morgan fingerprint density at radius 3 is 3.00 bits per heavy atom. The van der Waals surface area contributed by atoms with E-state index < -0.39 is 5.91 Å².